The largest absolute Gasteiger partial charge is 0.347 e. The first kappa shape index (κ1) is 12.3. The Bertz CT molecular complexity index is 541. The van der Waals surface area contributed by atoms with Gasteiger partial charge in [0.25, 0.3) is 5.91 Å². The number of aromatic amines is 1. The summed E-state index contributed by atoms with van der Waals surface area (Å²) in [4.78, 5) is 22.6. The van der Waals surface area contributed by atoms with E-state index in [4.69, 9.17) is 17.4 Å². The van der Waals surface area contributed by atoms with Crippen molar-refractivity contribution in [2.75, 3.05) is 5.43 Å². The Labute approximate surface area is 108 Å². The number of nitrogen functional groups attached to an aromatic ring is 1. The number of aromatic nitrogens is 3. The molecule has 0 aliphatic carbocycles. The molecule has 0 fully saturated rings. The van der Waals surface area contributed by atoms with Crippen LogP contribution in [0.5, 0.6) is 0 Å². The summed E-state index contributed by atoms with van der Waals surface area (Å²) in [5, 5.41) is 2.96. The lowest BCUT2D eigenvalue weighted by Crippen LogP contribution is -2.23. The molecule has 0 unspecified atom stereocenters. The number of amides is 1. The maximum absolute atomic E-state index is 11.8. The molecule has 0 aliphatic rings. The first-order chi connectivity index (χ1) is 8.70. The third-order valence-electron chi connectivity index (χ3n) is 2.21. The molecule has 18 heavy (non-hydrogen) atoms. The maximum atomic E-state index is 11.8. The number of pyridine rings is 1. The van der Waals surface area contributed by atoms with Gasteiger partial charge < -0.3 is 15.7 Å². The molecular formula is C10H11ClN6O. The fourth-order valence-electron chi connectivity index (χ4n) is 1.33. The summed E-state index contributed by atoms with van der Waals surface area (Å²) < 4.78 is 0. The van der Waals surface area contributed by atoms with E-state index in [0.29, 0.717) is 23.8 Å². The first-order valence-corrected chi connectivity index (χ1v) is 5.47. The van der Waals surface area contributed by atoms with Crippen molar-refractivity contribution in [1.82, 2.24) is 20.3 Å². The number of halogens is 1. The fraction of sp³-hybridized carbons (Fsp3) is 0.100. The Morgan fingerprint density at radius 3 is 2.94 bits per heavy atom. The van der Waals surface area contributed by atoms with Gasteiger partial charge in [-0.15, -0.1) is 0 Å². The second kappa shape index (κ2) is 5.48. The number of carbonyl (C=O) groups excluding carboxylic acids is 1. The van der Waals surface area contributed by atoms with Gasteiger partial charge >= 0.3 is 0 Å². The Morgan fingerprint density at radius 2 is 2.33 bits per heavy atom. The first-order valence-electron chi connectivity index (χ1n) is 5.09. The summed E-state index contributed by atoms with van der Waals surface area (Å²) in [6, 6.07) is 1.49. The van der Waals surface area contributed by atoms with Crippen molar-refractivity contribution >= 4 is 23.3 Å². The third-order valence-corrected chi connectivity index (χ3v) is 2.50. The highest BCUT2D eigenvalue weighted by Crippen LogP contribution is 2.18. The van der Waals surface area contributed by atoms with Crippen LogP contribution in [0.3, 0.4) is 0 Å². The Hall–Kier alpha value is -2.12. The summed E-state index contributed by atoms with van der Waals surface area (Å²) in [6.07, 6.45) is 4.68. The summed E-state index contributed by atoms with van der Waals surface area (Å²) in [5.74, 6) is 5.89. The van der Waals surface area contributed by atoms with Crippen molar-refractivity contribution in [2.45, 2.75) is 6.54 Å². The highest BCUT2D eigenvalue weighted by Gasteiger charge is 2.09. The molecule has 0 aromatic carbocycles. The van der Waals surface area contributed by atoms with Crippen molar-refractivity contribution in [3.05, 3.63) is 41.1 Å². The van der Waals surface area contributed by atoms with E-state index in [1.165, 1.54) is 12.3 Å². The van der Waals surface area contributed by atoms with Gasteiger partial charge in [-0.2, -0.15) is 0 Å². The molecule has 0 aliphatic heterocycles. The van der Waals surface area contributed by atoms with Crippen LogP contribution in [0.1, 0.15) is 16.2 Å². The average molecular weight is 267 g/mol. The number of H-pyrrole nitrogens is 1. The van der Waals surface area contributed by atoms with Crippen molar-refractivity contribution < 1.29 is 4.79 Å². The molecule has 0 spiro atoms. The molecule has 94 valence electrons. The molecule has 0 radical (unpaired) electrons. The van der Waals surface area contributed by atoms with Crippen molar-refractivity contribution in [3.8, 4) is 0 Å². The van der Waals surface area contributed by atoms with Gasteiger partial charge in [0.15, 0.2) is 5.82 Å². The van der Waals surface area contributed by atoms with E-state index in [1.807, 2.05) is 0 Å². The van der Waals surface area contributed by atoms with Gasteiger partial charge in [0.05, 0.1) is 17.1 Å². The van der Waals surface area contributed by atoms with Gasteiger partial charge in [-0.1, -0.05) is 11.6 Å². The molecule has 2 rings (SSSR count). The van der Waals surface area contributed by atoms with Crippen molar-refractivity contribution in [1.29, 1.82) is 0 Å². The molecule has 8 heteroatoms. The van der Waals surface area contributed by atoms with Crippen LogP contribution in [-0.4, -0.2) is 20.9 Å². The molecule has 7 nitrogen and oxygen atoms in total. The van der Waals surface area contributed by atoms with Gasteiger partial charge in [-0.05, 0) is 6.07 Å². The Balaban J connectivity index is 2.02. The normalized spacial score (nSPS) is 10.1. The molecule has 0 saturated heterocycles. The number of nitrogens with one attached hydrogen (secondary N) is 3. The van der Waals surface area contributed by atoms with E-state index >= 15 is 0 Å². The summed E-state index contributed by atoms with van der Waals surface area (Å²) in [6.45, 7) is 0.306. The maximum Gasteiger partial charge on any atom is 0.253 e. The number of nitrogens with two attached hydrogens (primary N) is 1. The van der Waals surface area contributed by atoms with Gasteiger partial charge in [0.2, 0.25) is 0 Å². The number of hydrogen-bond acceptors (Lipinski definition) is 5. The smallest absolute Gasteiger partial charge is 0.253 e. The van der Waals surface area contributed by atoms with Crippen LogP contribution in [0, 0.1) is 0 Å². The lowest BCUT2D eigenvalue weighted by Gasteiger charge is -2.06. The molecular weight excluding hydrogens is 256 g/mol. The fourth-order valence-corrected chi connectivity index (χ4v) is 1.55. The zero-order valence-electron chi connectivity index (χ0n) is 9.27. The van der Waals surface area contributed by atoms with E-state index in [1.54, 1.807) is 12.4 Å². The van der Waals surface area contributed by atoms with Crippen LogP contribution < -0.4 is 16.6 Å². The molecule has 5 N–H and O–H groups in total. The number of imidazole rings is 1. The van der Waals surface area contributed by atoms with E-state index in [-0.39, 0.29) is 10.9 Å². The number of hydrazine groups is 1. The van der Waals surface area contributed by atoms with E-state index < -0.39 is 0 Å². The van der Waals surface area contributed by atoms with Gasteiger partial charge in [-0.3, -0.25) is 4.79 Å². The highest BCUT2D eigenvalue weighted by atomic mass is 35.5. The van der Waals surface area contributed by atoms with E-state index in [0.717, 1.165) is 0 Å². The topological polar surface area (TPSA) is 109 Å². The van der Waals surface area contributed by atoms with Crippen LogP contribution in [0.2, 0.25) is 5.02 Å². The van der Waals surface area contributed by atoms with Crippen molar-refractivity contribution in [2.24, 2.45) is 5.84 Å². The third kappa shape index (κ3) is 2.76. The van der Waals surface area contributed by atoms with Crippen LogP contribution >= 0.6 is 11.6 Å². The van der Waals surface area contributed by atoms with Crippen LogP contribution in [0.25, 0.3) is 0 Å². The molecule has 0 saturated carbocycles. The summed E-state index contributed by atoms with van der Waals surface area (Å²) in [5.41, 5.74) is 2.68. The van der Waals surface area contributed by atoms with E-state index in [9.17, 15) is 4.79 Å². The number of rotatable bonds is 4. The SMILES string of the molecule is NNc1ncc(C(=O)NCc2ncc[nH]2)cc1Cl. The monoisotopic (exact) mass is 266 g/mol. The number of hydrogen-bond donors (Lipinski definition) is 4. The lowest BCUT2D eigenvalue weighted by atomic mass is 10.2. The Morgan fingerprint density at radius 1 is 1.50 bits per heavy atom. The van der Waals surface area contributed by atoms with E-state index in [2.05, 4.69) is 25.7 Å². The minimum Gasteiger partial charge on any atom is -0.347 e. The molecule has 1 amide bonds. The Kier molecular flexibility index (Phi) is 3.75. The number of nitrogens with zero attached hydrogens (tertiary/aromatic N) is 2. The van der Waals surface area contributed by atoms with Gasteiger partial charge in [0.1, 0.15) is 5.82 Å². The molecule has 2 aromatic rings. The van der Waals surface area contributed by atoms with Crippen LogP contribution in [0.15, 0.2) is 24.7 Å². The summed E-state index contributed by atoms with van der Waals surface area (Å²) in [7, 11) is 0. The number of carbonyl (C=O) groups is 1. The predicted molar refractivity (Wildman–Crippen MR) is 66.8 cm³/mol. The zero-order valence-corrected chi connectivity index (χ0v) is 10.0. The van der Waals surface area contributed by atoms with Crippen LogP contribution in [-0.2, 0) is 6.54 Å². The zero-order chi connectivity index (χ0) is 13.0. The lowest BCUT2D eigenvalue weighted by molar-refractivity contribution is 0.0949. The highest BCUT2D eigenvalue weighted by molar-refractivity contribution is 6.33. The predicted octanol–water partition coefficient (Wildman–Crippen LogP) is 0.674. The quantitative estimate of drug-likeness (QED) is 0.480. The molecule has 2 heterocycles. The minimum absolute atomic E-state index is 0.281. The second-order valence-corrected chi connectivity index (χ2v) is 3.82. The summed E-state index contributed by atoms with van der Waals surface area (Å²) >= 11 is 5.87. The molecule has 0 atom stereocenters. The minimum atomic E-state index is -0.288. The molecule has 0 bridgehead atoms. The molecule has 2 aromatic heterocycles. The van der Waals surface area contributed by atoms with Crippen LogP contribution in [0.4, 0.5) is 5.82 Å². The van der Waals surface area contributed by atoms with Gasteiger partial charge in [0, 0.05) is 18.6 Å². The van der Waals surface area contributed by atoms with Gasteiger partial charge in [-0.25, -0.2) is 15.8 Å². The standard InChI is InChI=1S/C10H11ClN6O/c11-7-3-6(4-15-9(7)17-12)10(18)16-5-8-13-1-2-14-8/h1-4H,5,12H2,(H,13,14)(H,15,17)(H,16,18). The number of anilines is 1. The van der Waals surface area contributed by atoms with Crippen molar-refractivity contribution in [3.63, 3.8) is 0 Å². The average Bonchev–Trinajstić information content (AvgIpc) is 2.89. The second-order valence-electron chi connectivity index (χ2n) is 3.42.